The summed E-state index contributed by atoms with van der Waals surface area (Å²) in [7, 11) is 0. The van der Waals surface area contributed by atoms with Crippen molar-refractivity contribution in [3.05, 3.63) is 58.8 Å². The van der Waals surface area contributed by atoms with Gasteiger partial charge in [-0.2, -0.15) is 0 Å². The van der Waals surface area contributed by atoms with Crippen molar-refractivity contribution in [2.24, 2.45) is 0 Å². The minimum absolute atomic E-state index is 0.0484. The van der Waals surface area contributed by atoms with Crippen molar-refractivity contribution in [2.75, 3.05) is 37.9 Å². The summed E-state index contributed by atoms with van der Waals surface area (Å²) in [4.78, 5) is 17.5. The fraction of sp³-hybridized carbons (Fsp3) is 0.227. The molecule has 2 aliphatic rings. The number of carbonyl (C=O) groups excluding carboxylic acids is 1. The Hall–Kier alpha value is -3.39. The number of anilines is 1. The van der Waals surface area contributed by atoms with Crippen LogP contribution >= 0.6 is 11.3 Å². The molecule has 0 spiro atoms. The van der Waals surface area contributed by atoms with Gasteiger partial charge in [-0.05, 0) is 47.9 Å². The van der Waals surface area contributed by atoms with E-state index < -0.39 is 0 Å². The van der Waals surface area contributed by atoms with Crippen molar-refractivity contribution in [2.45, 2.75) is 0 Å². The van der Waals surface area contributed by atoms with E-state index in [0.29, 0.717) is 13.1 Å². The summed E-state index contributed by atoms with van der Waals surface area (Å²) >= 11 is 1.62. The van der Waals surface area contributed by atoms with Gasteiger partial charge in [-0.25, -0.2) is 0 Å². The van der Waals surface area contributed by atoms with Gasteiger partial charge in [0.05, 0.1) is 5.69 Å². The number of thiophene rings is 1. The molecule has 0 aliphatic carbocycles. The highest BCUT2D eigenvalue weighted by Crippen LogP contribution is 2.35. The summed E-state index contributed by atoms with van der Waals surface area (Å²) in [5, 5.41) is 10.8. The largest absolute Gasteiger partial charge is 0.454 e. The average molecular weight is 420 g/mol. The van der Waals surface area contributed by atoms with E-state index in [2.05, 4.69) is 15.1 Å². The highest BCUT2D eigenvalue weighted by Gasteiger charge is 2.21. The molecule has 1 amide bonds. The second-order valence-electron chi connectivity index (χ2n) is 7.01. The highest BCUT2D eigenvalue weighted by atomic mass is 32.1. The van der Waals surface area contributed by atoms with E-state index in [-0.39, 0.29) is 12.7 Å². The zero-order chi connectivity index (χ0) is 20.3. The number of carbonyl (C=O) groups is 1. The fourth-order valence-corrected chi connectivity index (χ4v) is 4.12. The van der Waals surface area contributed by atoms with Gasteiger partial charge in [-0.3, -0.25) is 4.79 Å². The Bertz CT molecular complexity index is 1060. The minimum atomic E-state index is 0.0484. The maximum atomic E-state index is 12.4. The standard InChI is InChI=1S/C22H20N4O3S/c27-22(8-4-17-2-1-13-30-17)26-11-9-25(10-12-26)21-7-5-18(23-24-21)16-3-6-19-20(14-16)29-15-28-19/h1-8,13-14H,9-12,15H2. The Labute approximate surface area is 178 Å². The summed E-state index contributed by atoms with van der Waals surface area (Å²) < 4.78 is 10.8. The van der Waals surface area contributed by atoms with Gasteiger partial charge in [-0.15, -0.1) is 21.5 Å². The van der Waals surface area contributed by atoms with E-state index in [1.807, 2.05) is 58.8 Å². The van der Waals surface area contributed by atoms with E-state index in [0.717, 1.165) is 46.5 Å². The van der Waals surface area contributed by atoms with Gasteiger partial charge in [0, 0.05) is 42.7 Å². The number of amides is 1. The number of benzene rings is 1. The number of rotatable bonds is 4. The van der Waals surface area contributed by atoms with Gasteiger partial charge in [0.15, 0.2) is 17.3 Å². The SMILES string of the molecule is O=C(C=Cc1cccs1)N1CCN(c2ccc(-c3ccc4c(c3)OCO4)nn2)CC1. The lowest BCUT2D eigenvalue weighted by Crippen LogP contribution is -2.48. The van der Waals surface area contributed by atoms with Crippen molar-refractivity contribution >= 4 is 29.1 Å². The Morgan fingerprint density at radius 1 is 1.00 bits per heavy atom. The molecule has 2 aromatic heterocycles. The van der Waals surface area contributed by atoms with Crippen molar-refractivity contribution in [3.63, 3.8) is 0 Å². The van der Waals surface area contributed by atoms with E-state index in [9.17, 15) is 4.79 Å². The quantitative estimate of drug-likeness (QED) is 0.604. The maximum Gasteiger partial charge on any atom is 0.246 e. The molecule has 30 heavy (non-hydrogen) atoms. The fourth-order valence-electron chi connectivity index (χ4n) is 3.50. The first-order valence-corrected chi connectivity index (χ1v) is 10.6. The predicted octanol–water partition coefficient (Wildman–Crippen LogP) is 3.30. The van der Waals surface area contributed by atoms with Crippen molar-refractivity contribution in [3.8, 4) is 22.8 Å². The van der Waals surface area contributed by atoms with Crippen LogP contribution in [0.25, 0.3) is 17.3 Å². The van der Waals surface area contributed by atoms with Crippen LogP contribution in [0, 0.1) is 0 Å². The summed E-state index contributed by atoms with van der Waals surface area (Å²) in [6.07, 6.45) is 3.53. The first-order valence-electron chi connectivity index (χ1n) is 9.75. The second-order valence-corrected chi connectivity index (χ2v) is 7.99. The van der Waals surface area contributed by atoms with Gasteiger partial charge in [0.1, 0.15) is 0 Å². The lowest BCUT2D eigenvalue weighted by molar-refractivity contribution is -0.126. The average Bonchev–Trinajstić information content (AvgIpc) is 3.49. The van der Waals surface area contributed by atoms with Gasteiger partial charge in [0.25, 0.3) is 0 Å². The molecule has 0 bridgehead atoms. The van der Waals surface area contributed by atoms with Gasteiger partial charge >= 0.3 is 0 Å². The van der Waals surface area contributed by atoms with Gasteiger partial charge in [0.2, 0.25) is 12.7 Å². The molecule has 1 saturated heterocycles. The monoisotopic (exact) mass is 420 g/mol. The van der Waals surface area contributed by atoms with Crippen LogP contribution in [0.15, 0.2) is 53.9 Å². The third-order valence-electron chi connectivity index (χ3n) is 5.17. The molecule has 0 atom stereocenters. The summed E-state index contributed by atoms with van der Waals surface area (Å²) in [5.74, 6) is 2.35. The maximum absolute atomic E-state index is 12.4. The van der Waals surface area contributed by atoms with Crippen LogP contribution in [0.1, 0.15) is 4.88 Å². The summed E-state index contributed by atoms with van der Waals surface area (Å²) in [6.45, 7) is 3.05. The predicted molar refractivity (Wildman–Crippen MR) is 116 cm³/mol. The van der Waals surface area contributed by atoms with Crippen LogP contribution in [0.5, 0.6) is 11.5 Å². The van der Waals surface area contributed by atoms with Crippen molar-refractivity contribution in [1.82, 2.24) is 15.1 Å². The van der Waals surface area contributed by atoms with Crippen LogP contribution in [-0.2, 0) is 4.79 Å². The lowest BCUT2D eigenvalue weighted by Gasteiger charge is -2.34. The van der Waals surface area contributed by atoms with Crippen LogP contribution in [-0.4, -0.2) is 54.0 Å². The summed E-state index contributed by atoms with van der Waals surface area (Å²) in [5.41, 5.74) is 1.72. The number of hydrogen-bond acceptors (Lipinski definition) is 7. The highest BCUT2D eigenvalue weighted by molar-refractivity contribution is 7.10. The zero-order valence-corrected chi connectivity index (χ0v) is 17.0. The molecule has 5 rings (SSSR count). The van der Waals surface area contributed by atoms with E-state index in [1.54, 1.807) is 17.4 Å². The molecule has 7 nitrogen and oxygen atoms in total. The second kappa shape index (κ2) is 8.16. The minimum Gasteiger partial charge on any atom is -0.454 e. The Balaban J connectivity index is 1.20. The van der Waals surface area contributed by atoms with E-state index >= 15 is 0 Å². The third-order valence-corrected chi connectivity index (χ3v) is 6.01. The Kier molecular flexibility index (Phi) is 5.06. The van der Waals surface area contributed by atoms with Crippen molar-refractivity contribution in [1.29, 1.82) is 0 Å². The normalized spacial score (nSPS) is 15.7. The molecule has 0 saturated carbocycles. The number of hydrogen-bond donors (Lipinski definition) is 0. The third kappa shape index (κ3) is 3.86. The molecule has 0 radical (unpaired) electrons. The van der Waals surface area contributed by atoms with Crippen LogP contribution in [0.3, 0.4) is 0 Å². The van der Waals surface area contributed by atoms with Crippen LogP contribution in [0.2, 0.25) is 0 Å². The van der Waals surface area contributed by atoms with Crippen molar-refractivity contribution < 1.29 is 14.3 Å². The molecular weight excluding hydrogens is 400 g/mol. The molecule has 2 aliphatic heterocycles. The number of aromatic nitrogens is 2. The molecule has 1 aromatic carbocycles. The van der Waals surface area contributed by atoms with Gasteiger partial charge in [-0.1, -0.05) is 6.07 Å². The topological polar surface area (TPSA) is 67.8 Å². The van der Waals surface area contributed by atoms with Crippen LogP contribution in [0.4, 0.5) is 5.82 Å². The number of piperazine rings is 1. The molecule has 8 heteroatoms. The molecule has 3 aromatic rings. The first kappa shape index (κ1) is 18.6. The summed E-state index contributed by atoms with van der Waals surface area (Å²) in [6, 6.07) is 13.7. The molecule has 0 N–H and O–H groups in total. The van der Waals surface area contributed by atoms with Crippen LogP contribution < -0.4 is 14.4 Å². The first-order chi connectivity index (χ1) is 14.8. The molecule has 4 heterocycles. The molecular formula is C22H20N4O3S. The number of nitrogens with zero attached hydrogens (tertiary/aromatic N) is 4. The zero-order valence-electron chi connectivity index (χ0n) is 16.2. The van der Waals surface area contributed by atoms with E-state index in [4.69, 9.17) is 9.47 Å². The Morgan fingerprint density at radius 2 is 1.87 bits per heavy atom. The van der Waals surface area contributed by atoms with E-state index in [1.165, 1.54) is 0 Å². The molecule has 152 valence electrons. The smallest absolute Gasteiger partial charge is 0.246 e. The van der Waals surface area contributed by atoms with Gasteiger partial charge < -0.3 is 19.3 Å². The Morgan fingerprint density at radius 3 is 2.63 bits per heavy atom. The molecule has 1 fully saturated rings. The lowest BCUT2D eigenvalue weighted by atomic mass is 10.1. The number of fused-ring (bicyclic) bond motifs is 1. The number of ether oxygens (including phenoxy) is 2. The molecule has 0 unspecified atom stereocenters.